The third-order valence-corrected chi connectivity index (χ3v) is 3.41. The first-order valence-electron chi connectivity index (χ1n) is 7.96. The molecule has 1 heterocycles. The lowest BCUT2D eigenvalue weighted by Crippen LogP contribution is -2.38. The van der Waals surface area contributed by atoms with Crippen molar-refractivity contribution in [2.45, 2.75) is 0 Å². The Hall–Kier alpha value is -3.62. The summed E-state index contributed by atoms with van der Waals surface area (Å²) < 4.78 is 9.94. The van der Waals surface area contributed by atoms with Crippen LogP contribution in [0, 0.1) is 0 Å². The van der Waals surface area contributed by atoms with E-state index in [2.05, 4.69) is 10.6 Å². The largest absolute Gasteiger partial charge is 0.459 e. The number of benzene rings is 1. The molecule has 0 fully saturated rings. The van der Waals surface area contributed by atoms with E-state index in [1.165, 1.54) is 29.4 Å². The topological polar surface area (TPSA) is 118 Å². The summed E-state index contributed by atoms with van der Waals surface area (Å²) in [5, 5.41) is 4.90. The van der Waals surface area contributed by atoms with Crippen LogP contribution in [0.25, 0.3) is 0 Å². The van der Waals surface area contributed by atoms with Crippen molar-refractivity contribution in [1.29, 1.82) is 0 Å². The molecule has 2 rings (SSSR count). The summed E-state index contributed by atoms with van der Waals surface area (Å²) in [5.41, 5.74) is 0.293. The van der Waals surface area contributed by atoms with Crippen LogP contribution >= 0.6 is 0 Å². The molecule has 9 nitrogen and oxygen atoms in total. The van der Waals surface area contributed by atoms with Crippen molar-refractivity contribution in [1.82, 2.24) is 10.2 Å². The van der Waals surface area contributed by atoms with Gasteiger partial charge >= 0.3 is 5.97 Å². The van der Waals surface area contributed by atoms with Gasteiger partial charge in [0.1, 0.15) is 0 Å². The lowest BCUT2D eigenvalue weighted by atomic mass is 10.1. The Labute approximate surface area is 155 Å². The first-order chi connectivity index (χ1) is 12.9. The SMILES string of the molecule is CN(C)C(=O)CNC(=O)COC(=O)c1ccccc1NC(=O)c1ccco1. The highest BCUT2D eigenvalue weighted by Crippen LogP contribution is 2.17. The molecule has 0 atom stereocenters. The van der Waals surface area contributed by atoms with Crippen LogP contribution in [0.3, 0.4) is 0 Å². The molecule has 142 valence electrons. The zero-order chi connectivity index (χ0) is 19.8. The lowest BCUT2D eigenvalue weighted by Gasteiger charge is -2.12. The Morgan fingerprint density at radius 2 is 1.81 bits per heavy atom. The maximum atomic E-state index is 12.2. The average molecular weight is 373 g/mol. The van der Waals surface area contributed by atoms with E-state index in [1.807, 2.05) is 0 Å². The van der Waals surface area contributed by atoms with E-state index in [9.17, 15) is 19.2 Å². The van der Waals surface area contributed by atoms with Gasteiger partial charge in [-0.05, 0) is 24.3 Å². The lowest BCUT2D eigenvalue weighted by molar-refractivity contribution is -0.131. The van der Waals surface area contributed by atoms with Crippen LogP contribution < -0.4 is 10.6 Å². The number of furan rings is 1. The number of likely N-dealkylation sites (N-methyl/N-ethyl adjacent to an activating group) is 1. The minimum atomic E-state index is -0.792. The molecular formula is C18H19N3O6. The first-order valence-corrected chi connectivity index (χ1v) is 7.96. The van der Waals surface area contributed by atoms with Crippen LogP contribution in [0.1, 0.15) is 20.9 Å². The van der Waals surface area contributed by atoms with Gasteiger partial charge < -0.3 is 24.7 Å². The average Bonchev–Trinajstić information content (AvgIpc) is 3.19. The van der Waals surface area contributed by atoms with Gasteiger partial charge in [-0.25, -0.2) is 4.79 Å². The van der Waals surface area contributed by atoms with Gasteiger partial charge in [0.05, 0.1) is 24.1 Å². The number of hydrogen-bond acceptors (Lipinski definition) is 6. The summed E-state index contributed by atoms with van der Waals surface area (Å²) in [6.07, 6.45) is 1.36. The number of carbonyl (C=O) groups is 4. The number of hydrogen-bond donors (Lipinski definition) is 2. The Morgan fingerprint density at radius 1 is 1.07 bits per heavy atom. The fourth-order valence-electron chi connectivity index (χ4n) is 1.95. The molecule has 0 aliphatic carbocycles. The van der Waals surface area contributed by atoms with Gasteiger partial charge in [0, 0.05) is 14.1 Å². The van der Waals surface area contributed by atoms with Gasteiger partial charge in [-0.1, -0.05) is 12.1 Å². The molecule has 0 unspecified atom stereocenters. The highest BCUT2D eigenvalue weighted by molar-refractivity contribution is 6.06. The van der Waals surface area contributed by atoms with Gasteiger partial charge in [-0.3, -0.25) is 14.4 Å². The molecule has 27 heavy (non-hydrogen) atoms. The van der Waals surface area contributed by atoms with Crippen molar-refractivity contribution < 1.29 is 28.3 Å². The summed E-state index contributed by atoms with van der Waals surface area (Å²) >= 11 is 0. The smallest absolute Gasteiger partial charge is 0.340 e. The van der Waals surface area contributed by atoms with Crippen molar-refractivity contribution in [2.75, 3.05) is 32.6 Å². The standard InChI is InChI=1S/C18H19N3O6/c1-21(2)16(23)10-19-15(22)11-27-18(25)12-6-3-4-7-13(12)20-17(24)14-8-5-9-26-14/h3-9H,10-11H2,1-2H3,(H,19,22)(H,20,24). The summed E-state index contributed by atoms with van der Waals surface area (Å²) in [7, 11) is 3.12. The minimum Gasteiger partial charge on any atom is -0.459 e. The highest BCUT2D eigenvalue weighted by Gasteiger charge is 2.17. The molecule has 0 bridgehead atoms. The second-order valence-corrected chi connectivity index (χ2v) is 5.62. The van der Waals surface area contributed by atoms with Crippen molar-refractivity contribution in [3.8, 4) is 0 Å². The third-order valence-electron chi connectivity index (χ3n) is 3.41. The van der Waals surface area contributed by atoms with E-state index >= 15 is 0 Å². The van der Waals surface area contributed by atoms with Crippen LogP contribution in [-0.4, -0.2) is 55.8 Å². The Morgan fingerprint density at radius 3 is 2.48 bits per heavy atom. The van der Waals surface area contributed by atoms with E-state index in [0.29, 0.717) is 0 Å². The van der Waals surface area contributed by atoms with Crippen LogP contribution in [-0.2, 0) is 14.3 Å². The van der Waals surface area contributed by atoms with Crippen LogP contribution in [0.2, 0.25) is 0 Å². The van der Waals surface area contributed by atoms with Crippen molar-refractivity contribution >= 4 is 29.4 Å². The maximum absolute atomic E-state index is 12.2. The molecule has 0 saturated heterocycles. The zero-order valence-electron chi connectivity index (χ0n) is 14.9. The summed E-state index contributed by atoms with van der Waals surface area (Å²) in [5.74, 6) is -2.14. The van der Waals surface area contributed by atoms with Crippen LogP contribution in [0.15, 0.2) is 47.1 Å². The maximum Gasteiger partial charge on any atom is 0.340 e. The fourth-order valence-corrected chi connectivity index (χ4v) is 1.95. The molecule has 0 aliphatic rings. The molecule has 1 aromatic carbocycles. The van der Waals surface area contributed by atoms with Gasteiger partial charge in [-0.15, -0.1) is 0 Å². The van der Waals surface area contributed by atoms with E-state index in [4.69, 9.17) is 9.15 Å². The van der Waals surface area contributed by atoms with Crippen LogP contribution in [0.4, 0.5) is 5.69 Å². The third kappa shape index (κ3) is 5.70. The number of para-hydroxylation sites is 1. The van der Waals surface area contributed by atoms with Gasteiger partial charge in [0.15, 0.2) is 12.4 Å². The van der Waals surface area contributed by atoms with Crippen molar-refractivity contribution in [3.63, 3.8) is 0 Å². The minimum absolute atomic E-state index is 0.0783. The number of nitrogens with zero attached hydrogens (tertiary/aromatic N) is 1. The monoisotopic (exact) mass is 373 g/mol. The molecule has 3 amide bonds. The van der Waals surface area contributed by atoms with E-state index in [-0.39, 0.29) is 29.5 Å². The second kappa shape index (κ2) is 9.18. The van der Waals surface area contributed by atoms with Gasteiger partial charge in [0.2, 0.25) is 5.91 Å². The quantitative estimate of drug-likeness (QED) is 0.696. The predicted molar refractivity (Wildman–Crippen MR) is 95.1 cm³/mol. The summed E-state index contributed by atoms with van der Waals surface area (Å²) in [6.45, 7) is -0.751. The zero-order valence-corrected chi connectivity index (χ0v) is 14.9. The number of carbonyl (C=O) groups excluding carboxylic acids is 4. The molecule has 0 aliphatic heterocycles. The van der Waals surface area contributed by atoms with E-state index in [0.717, 1.165) is 0 Å². The molecule has 9 heteroatoms. The molecule has 0 spiro atoms. The van der Waals surface area contributed by atoms with Crippen molar-refractivity contribution in [3.05, 3.63) is 54.0 Å². The Bertz CT molecular complexity index is 829. The number of rotatable bonds is 7. The molecule has 1 aromatic heterocycles. The number of amides is 3. The van der Waals surface area contributed by atoms with Gasteiger partial charge in [0.25, 0.3) is 11.8 Å². The van der Waals surface area contributed by atoms with Crippen molar-refractivity contribution in [2.24, 2.45) is 0 Å². The Balaban J connectivity index is 1.93. The summed E-state index contributed by atoms with van der Waals surface area (Å²) in [4.78, 5) is 48.7. The summed E-state index contributed by atoms with van der Waals surface area (Å²) in [6, 6.07) is 9.24. The number of anilines is 1. The first kappa shape index (κ1) is 19.7. The van der Waals surface area contributed by atoms with Crippen LogP contribution in [0.5, 0.6) is 0 Å². The molecule has 0 radical (unpaired) electrons. The van der Waals surface area contributed by atoms with E-state index < -0.39 is 24.4 Å². The fraction of sp³-hybridized carbons (Fsp3) is 0.222. The molecule has 0 saturated carbocycles. The van der Waals surface area contributed by atoms with Gasteiger partial charge in [-0.2, -0.15) is 0 Å². The normalized spacial score (nSPS) is 10.0. The number of ether oxygens (including phenoxy) is 1. The molecule has 2 aromatic rings. The predicted octanol–water partition coefficient (Wildman–Crippen LogP) is 0.893. The molecular weight excluding hydrogens is 354 g/mol. The number of nitrogens with one attached hydrogen (secondary N) is 2. The highest BCUT2D eigenvalue weighted by atomic mass is 16.5. The second-order valence-electron chi connectivity index (χ2n) is 5.62. The molecule has 2 N–H and O–H groups in total. The Kier molecular flexibility index (Phi) is 6.70. The number of esters is 1. The van der Waals surface area contributed by atoms with E-state index in [1.54, 1.807) is 32.3 Å².